The molecule has 0 aromatic heterocycles. The van der Waals surface area contributed by atoms with E-state index in [9.17, 15) is 4.79 Å². The fourth-order valence-corrected chi connectivity index (χ4v) is 3.22. The summed E-state index contributed by atoms with van der Waals surface area (Å²) in [5.74, 6) is 0.854. The van der Waals surface area contributed by atoms with Crippen LogP contribution in [0, 0.1) is 5.92 Å². The highest BCUT2D eigenvalue weighted by molar-refractivity contribution is 5.73. The minimum Gasteiger partial charge on any atom is -0.338 e. The van der Waals surface area contributed by atoms with Gasteiger partial charge in [0.1, 0.15) is 0 Å². The molecule has 0 radical (unpaired) electrons. The van der Waals surface area contributed by atoms with Gasteiger partial charge in [0.15, 0.2) is 0 Å². The second-order valence-electron chi connectivity index (χ2n) is 5.98. The third-order valence-corrected chi connectivity index (χ3v) is 4.43. The van der Waals surface area contributed by atoms with Crippen LogP contribution in [0.4, 0.5) is 4.79 Å². The van der Waals surface area contributed by atoms with E-state index in [-0.39, 0.29) is 6.03 Å². The van der Waals surface area contributed by atoms with Crippen molar-refractivity contribution in [1.29, 1.82) is 0 Å². The van der Waals surface area contributed by atoms with Crippen LogP contribution >= 0.6 is 0 Å². The predicted octanol–water partition coefficient (Wildman–Crippen LogP) is 3.76. The number of carbonyl (C=O) groups excluding carboxylic acids is 1. The number of urea groups is 1. The van der Waals surface area contributed by atoms with E-state index in [0.717, 1.165) is 31.8 Å². The maximum absolute atomic E-state index is 11.6. The molecule has 0 heterocycles. The molecule has 0 spiro atoms. The van der Waals surface area contributed by atoms with Gasteiger partial charge >= 0.3 is 6.03 Å². The van der Waals surface area contributed by atoms with Gasteiger partial charge in [-0.3, -0.25) is 0 Å². The number of hydrogen-bond donors (Lipinski definition) is 2. The van der Waals surface area contributed by atoms with E-state index >= 15 is 0 Å². The first-order chi connectivity index (χ1) is 9.34. The molecule has 0 unspecified atom stereocenters. The van der Waals surface area contributed by atoms with Crippen molar-refractivity contribution in [2.24, 2.45) is 5.92 Å². The van der Waals surface area contributed by atoms with Crippen molar-refractivity contribution in [3.63, 3.8) is 0 Å². The molecule has 19 heavy (non-hydrogen) atoms. The number of rotatable bonds is 6. The fourth-order valence-electron chi connectivity index (χ4n) is 3.22. The van der Waals surface area contributed by atoms with Crippen LogP contribution in [0.2, 0.25) is 0 Å². The average Bonchev–Trinajstić information content (AvgIpc) is 2.93. The molecule has 0 aromatic carbocycles. The van der Waals surface area contributed by atoms with Crippen LogP contribution in [0.25, 0.3) is 0 Å². The van der Waals surface area contributed by atoms with E-state index in [1.54, 1.807) is 0 Å². The Morgan fingerprint density at radius 3 is 2.63 bits per heavy atom. The summed E-state index contributed by atoms with van der Waals surface area (Å²) in [6.07, 6.45) is 15.1. The molecule has 3 nitrogen and oxygen atoms in total. The van der Waals surface area contributed by atoms with Gasteiger partial charge in [0.2, 0.25) is 0 Å². The standard InChI is InChI=1S/C16H28N2O/c19-16(18-13-11-15-8-4-5-9-15)17-12-10-14-6-2-1-3-7-14/h6,15H,1-5,7-13H2,(H2,17,18,19). The zero-order valence-corrected chi connectivity index (χ0v) is 12.0. The molecule has 2 N–H and O–H groups in total. The molecule has 0 bridgehead atoms. The summed E-state index contributed by atoms with van der Waals surface area (Å²) in [6.45, 7) is 1.61. The lowest BCUT2D eigenvalue weighted by molar-refractivity contribution is 0.240. The normalized spacial score (nSPS) is 20.1. The van der Waals surface area contributed by atoms with Crippen molar-refractivity contribution in [1.82, 2.24) is 10.6 Å². The van der Waals surface area contributed by atoms with Gasteiger partial charge in [-0.25, -0.2) is 4.79 Å². The first-order valence-electron chi connectivity index (χ1n) is 8.04. The van der Waals surface area contributed by atoms with Gasteiger partial charge in [0.05, 0.1) is 0 Å². The van der Waals surface area contributed by atoms with E-state index < -0.39 is 0 Å². The zero-order valence-electron chi connectivity index (χ0n) is 12.0. The third kappa shape index (κ3) is 5.66. The van der Waals surface area contributed by atoms with E-state index in [4.69, 9.17) is 0 Å². The lowest BCUT2D eigenvalue weighted by atomic mass is 9.97. The van der Waals surface area contributed by atoms with Crippen molar-refractivity contribution in [3.8, 4) is 0 Å². The number of hydrogen-bond acceptors (Lipinski definition) is 1. The molecule has 1 saturated carbocycles. The van der Waals surface area contributed by atoms with Gasteiger partial charge in [0.25, 0.3) is 0 Å². The van der Waals surface area contributed by atoms with E-state index in [1.807, 2.05) is 0 Å². The van der Waals surface area contributed by atoms with Gasteiger partial charge in [0, 0.05) is 13.1 Å². The van der Waals surface area contributed by atoms with Crippen molar-refractivity contribution < 1.29 is 4.79 Å². The Hall–Kier alpha value is -0.990. The summed E-state index contributed by atoms with van der Waals surface area (Å²) in [4.78, 5) is 11.6. The highest BCUT2D eigenvalue weighted by atomic mass is 16.2. The first kappa shape index (κ1) is 14.4. The minimum absolute atomic E-state index is 0.00871. The molecule has 2 aliphatic rings. The molecule has 108 valence electrons. The molecule has 3 heteroatoms. The van der Waals surface area contributed by atoms with Crippen molar-refractivity contribution in [3.05, 3.63) is 11.6 Å². The molecule has 0 aliphatic heterocycles. The summed E-state index contributed by atoms with van der Waals surface area (Å²) < 4.78 is 0. The lowest BCUT2D eigenvalue weighted by Crippen LogP contribution is -2.37. The van der Waals surface area contributed by atoms with Gasteiger partial charge in [-0.05, 0) is 44.4 Å². The maximum atomic E-state index is 11.6. The van der Waals surface area contributed by atoms with Crippen molar-refractivity contribution in [2.45, 2.75) is 64.2 Å². The Morgan fingerprint density at radius 2 is 1.89 bits per heavy atom. The molecule has 0 atom stereocenters. The number of carbonyl (C=O) groups is 1. The highest BCUT2D eigenvalue weighted by Gasteiger charge is 2.14. The molecule has 2 amide bonds. The van der Waals surface area contributed by atoms with Gasteiger partial charge in [-0.1, -0.05) is 37.3 Å². The Balaban J connectivity index is 1.48. The van der Waals surface area contributed by atoms with E-state index in [1.165, 1.54) is 56.9 Å². The number of amides is 2. The summed E-state index contributed by atoms with van der Waals surface area (Å²) in [6, 6.07) is 0.00871. The van der Waals surface area contributed by atoms with Crippen molar-refractivity contribution >= 4 is 6.03 Å². The topological polar surface area (TPSA) is 41.1 Å². The third-order valence-electron chi connectivity index (χ3n) is 4.43. The Labute approximate surface area is 117 Å². The molecular weight excluding hydrogens is 236 g/mol. The van der Waals surface area contributed by atoms with Crippen LogP contribution in [0.5, 0.6) is 0 Å². The molecule has 0 saturated heterocycles. The minimum atomic E-state index is 0.00871. The van der Waals surface area contributed by atoms with Gasteiger partial charge in [-0.15, -0.1) is 0 Å². The largest absolute Gasteiger partial charge is 0.338 e. The lowest BCUT2D eigenvalue weighted by Gasteiger charge is -2.14. The maximum Gasteiger partial charge on any atom is 0.314 e. The van der Waals surface area contributed by atoms with Crippen LogP contribution < -0.4 is 10.6 Å². The predicted molar refractivity (Wildman–Crippen MR) is 79.1 cm³/mol. The average molecular weight is 264 g/mol. The van der Waals surface area contributed by atoms with Crippen LogP contribution in [0.3, 0.4) is 0 Å². The Bertz CT molecular complexity index is 306. The van der Waals surface area contributed by atoms with Crippen LogP contribution in [-0.4, -0.2) is 19.1 Å². The number of allylic oxidation sites excluding steroid dienone is 1. The quantitative estimate of drug-likeness (QED) is 0.705. The monoisotopic (exact) mass is 264 g/mol. The van der Waals surface area contributed by atoms with Crippen LogP contribution in [0.1, 0.15) is 64.2 Å². The van der Waals surface area contributed by atoms with E-state index in [0.29, 0.717) is 0 Å². The molecule has 1 fully saturated rings. The second kappa shape index (κ2) is 8.23. The Kier molecular flexibility index (Phi) is 6.25. The van der Waals surface area contributed by atoms with Gasteiger partial charge < -0.3 is 10.6 Å². The number of nitrogens with one attached hydrogen (secondary N) is 2. The molecule has 2 aliphatic carbocycles. The summed E-state index contributed by atoms with van der Waals surface area (Å²) in [7, 11) is 0. The zero-order chi connectivity index (χ0) is 13.3. The van der Waals surface area contributed by atoms with Gasteiger partial charge in [-0.2, -0.15) is 0 Å². The molecular formula is C16H28N2O. The van der Waals surface area contributed by atoms with Crippen molar-refractivity contribution in [2.75, 3.05) is 13.1 Å². The van der Waals surface area contributed by atoms with E-state index in [2.05, 4.69) is 16.7 Å². The van der Waals surface area contributed by atoms with Crippen LogP contribution in [-0.2, 0) is 0 Å². The first-order valence-corrected chi connectivity index (χ1v) is 8.04. The van der Waals surface area contributed by atoms with Crippen LogP contribution in [0.15, 0.2) is 11.6 Å². The molecule has 0 aromatic rings. The smallest absolute Gasteiger partial charge is 0.314 e. The highest BCUT2D eigenvalue weighted by Crippen LogP contribution is 2.26. The molecule has 2 rings (SSSR count). The summed E-state index contributed by atoms with van der Waals surface area (Å²) >= 11 is 0. The second-order valence-corrected chi connectivity index (χ2v) is 5.98. The Morgan fingerprint density at radius 1 is 1.11 bits per heavy atom. The summed E-state index contributed by atoms with van der Waals surface area (Å²) in [5, 5.41) is 5.94. The SMILES string of the molecule is O=C(NCCC1=CCCCC1)NCCC1CCCC1. The summed E-state index contributed by atoms with van der Waals surface area (Å²) in [5.41, 5.74) is 1.53. The fraction of sp³-hybridized carbons (Fsp3) is 0.812.